The number of carbonyl (C=O) groups excluding carboxylic acids is 2. The lowest BCUT2D eigenvalue weighted by Gasteiger charge is -2.23. The molecule has 1 aromatic rings. The first-order valence-corrected chi connectivity index (χ1v) is 14.2. The van der Waals surface area contributed by atoms with Gasteiger partial charge in [-0.15, -0.1) is 0 Å². The van der Waals surface area contributed by atoms with Crippen LogP contribution in [0.1, 0.15) is 84.8 Å². The van der Waals surface area contributed by atoms with Crippen molar-refractivity contribution in [1.82, 2.24) is 9.80 Å². The number of unbranched alkanes of at least 4 members (excludes halogenated alkanes) is 1. The van der Waals surface area contributed by atoms with Crippen molar-refractivity contribution in [3.8, 4) is 5.75 Å². The van der Waals surface area contributed by atoms with Gasteiger partial charge in [0.2, 0.25) is 5.91 Å². The van der Waals surface area contributed by atoms with Crippen LogP contribution in [-0.2, 0) is 26.7 Å². The number of likely N-dealkylation sites (N-methyl/N-ethyl adjacent to an activating group) is 1. The van der Waals surface area contributed by atoms with Crippen LogP contribution >= 0.6 is 0 Å². The topological polar surface area (TPSA) is 111 Å². The van der Waals surface area contributed by atoms with E-state index in [4.69, 9.17) is 5.11 Å². The molecule has 0 aromatic heterocycles. The number of allylic oxidation sites excluding steroid dienone is 1. The summed E-state index contributed by atoms with van der Waals surface area (Å²) in [5.74, 6) is -4.28. The maximum absolute atomic E-state index is 13.6. The Labute approximate surface area is 244 Å². The van der Waals surface area contributed by atoms with E-state index in [0.29, 0.717) is 30.8 Å². The maximum Gasteiger partial charge on any atom is 0.320 e. The van der Waals surface area contributed by atoms with E-state index in [-0.39, 0.29) is 41.9 Å². The van der Waals surface area contributed by atoms with Crippen LogP contribution in [0.25, 0.3) is 0 Å². The molecule has 0 bridgehead atoms. The summed E-state index contributed by atoms with van der Waals surface area (Å²) in [5, 5.41) is 18.5. The first kappa shape index (κ1) is 37.9. The number of aliphatic carboxylic acids is 1. The molecule has 8 nitrogen and oxygen atoms in total. The Hall–Kier alpha value is -3.14. The summed E-state index contributed by atoms with van der Waals surface area (Å²) in [6, 6.07) is 3.45. The van der Waals surface area contributed by atoms with Crippen LogP contribution < -0.4 is 0 Å². The van der Waals surface area contributed by atoms with Gasteiger partial charge in [-0.2, -0.15) is 0 Å². The van der Waals surface area contributed by atoms with Crippen molar-refractivity contribution in [3.63, 3.8) is 0 Å². The standard InChI is InChI=1S/C23H32F2N2O3.C8H17NO2/c1-6-7-10-27(15-16(2)11-21(26-5)17(3)28)22(30)9-8-18-12-19(23(4,24)25)14-20(29)13-18;1-4-6-9(3)7(5-2)8(10)11/h11-14,29H,6-10,15H2,1-5H3;7H,4-6H2,1-3H3,(H,10,11)/b16-11+,26-21?;. The molecular formula is C31H49F2N3O5. The third kappa shape index (κ3) is 14.9. The molecule has 1 atom stereocenters. The molecule has 1 aromatic carbocycles. The Morgan fingerprint density at radius 1 is 1.07 bits per heavy atom. The molecule has 0 fully saturated rings. The van der Waals surface area contributed by atoms with E-state index < -0.39 is 11.9 Å². The lowest BCUT2D eigenvalue weighted by atomic mass is 10.0. The van der Waals surface area contributed by atoms with E-state index in [0.717, 1.165) is 44.4 Å². The number of aliphatic imine (C=N–C) groups is 1. The minimum atomic E-state index is -3.07. The van der Waals surface area contributed by atoms with Gasteiger partial charge < -0.3 is 15.1 Å². The molecule has 1 rings (SSSR count). The molecule has 232 valence electrons. The third-order valence-corrected chi connectivity index (χ3v) is 6.45. The Morgan fingerprint density at radius 3 is 2.17 bits per heavy atom. The largest absolute Gasteiger partial charge is 0.508 e. The Balaban J connectivity index is 0.00000122. The summed E-state index contributed by atoms with van der Waals surface area (Å²) in [6.45, 7) is 11.8. The fraction of sp³-hybridized carbons (Fsp3) is 0.613. The molecule has 0 saturated carbocycles. The van der Waals surface area contributed by atoms with Crippen LogP contribution in [0.5, 0.6) is 5.75 Å². The number of halogens is 2. The molecule has 0 aliphatic carbocycles. The highest BCUT2D eigenvalue weighted by Crippen LogP contribution is 2.30. The number of rotatable bonds is 16. The van der Waals surface area contributed by atoms with Crippen LogP contribution in [0.2, 0.25) is 0 Å². The second kappa shape index (κ2) is 19.1. The highest BCUT2D eigenvalue weighted by atomic mass is 19.3. The number of carboxylic acids is 1. The molecule has 0 aliphatic heterocycles. The molecule has 1 unspecified atom stereocenters. The third-order valence-electron chi connectivity index (χ3n) is 6.45. The Kier molecular flexibility index (Phi) is 17.6. The second-order valence-corrected chi connectivity index (χ2v) is 10.3. The molecule has 0 radical (unpaired) electrons. The maximum atomic E-state index is 13.6. The lowest BCUT2D eigenvalue weighted by molar-refractivity contribution is -0.142. The molecule has 1 amide bonds. The SMILES string of the molecule is CCCCN(C/C(C)=C/C(=NC)C(C)=O)C(=O)CCc1cc(O)cc(C(C)(F)F)c1.CCCN(C)C(CC)C(=O)O. The van der Waals surface area contributed by atoms with Gasteiger partial charge in [0.25, 0.3) is 5.92 Å². The zero-order valence-electron chi connectivity index (χ0n) is 26.0. The Bertz CT molecular complexity index is 1050. The number of aromatic hydroxyl groups is 1. The summed E-state index contributed by atoms with van der Waals surface area (Å²) in [7, 11) is 3.40. The zero-order valence-corrected chi connectivity index (χ0v) is 26.0. The quantitative estimate of drug-likeness (QED) is 0.237. The van der Waals surface area contributed by atoms with Gasteiger partial charge in [0.15, 0.2) is 5.78 Å². The van der Waals surface area contributed by atoms with E-state index in [1.54, 1.807) is 18.0 Å². The minimum Gasteiger partial charge on any atom is -0.508 e. The van der Waals surface area contributed by atoms with Crippen LogP contribution in [0, 0.1) is 0 Å². The van der Waals surface area contributed by atoms with Gasteiger partial charge in [-0.05, 0) is 76.0 Å². The lowest BCUT2D eigenvalue weighted by Crippen LogP contribution is -2.38. The number of phenols is 1. The smallest absolute Gasteiger partial charge is 0.320 e. The number of Topliss-reactive ketones (excluding diaryl/α,β-unsaturated/α-hetero) is 1. The van der Waals surface area contributed by atoms with Gasteiger partial charge in [-0.3, -0.25) is 24.3 Å². The van der Waals surface area contributed by atoms with Crippen molar-refractivity contribution in [2.24, 2.45) is 4.99 Å². The van der Waals surface area contributed by atoms with Crippen molar-refractivity contribution in [2.75, 3.05) is 33.7 Å². The highest BCUT2D eigenvalue weighted by molar-refractivity contribution is 6.43. The number of nitrogens with zero attached hydrogens (tertiary/aromatic N) is 3. The zero-order chi connectivity index (χ0) is 31.8. The number of carbonyl (C=O) groups is 3. The summed E-state index contributed by atoms with van der Waals surface area (Å²) in [5.41, 5.74) is 1.39. The molecule has 10 heteroatoms. The molecule has 0 aliphatic rings. The second-order valence-electron chi connectivity index (χ2n) is 10.3. The van der Waals surface area contributed by atoms with Gasteiger partial charge in [-0.1, -0.05) is 32.8 Å². The number of hydrogen-bond acceptors (Lipinski definition) is 6. The fourth-order valence-corrected chi connectivity index (χ4v) is 4.21. The van der Waals surface area contributed by atoms with E-state index in [9.17, 15) is 28.3 Å². The average Bonchev–Trinajstić information content (AvgIpc) is 2.88. The number of hydrogen-bond donors (Lipinski definition) is 2. The number of amides is 1. The van der Waals surface area contributed by atoms with E-state index in [1.165, 1.54) is 19.1 Å². The summed E-state index contributed by atoms with van der Waals surface area (Å²) >= 11 is 0. The average molecular weight is 582 g/mol. The predicted molar refractivity (Wildman–Crippen MR) is 160 cm³/mol. The molecule has 41 heavy (non-hydrogen) atoms. The first-order chi connectivity index (χ1) is 19.1. The van der Waals surface area contributed by atoms with Crippen molar-refractivity contribution >= 4 is 23.4 Å². The van der Waals surface area contributed by atoms with Crippen LogP contribution in [0.4, 0.5) is 8.78 Å². The number of benzene rings is 1. The molecule has 2 N–H and O–H groups in total. The molecular weight excluding hydrogens is 532 g/mol. The van der Waals surface area contributed by atoms with Crippen molar-refractivity contribution in [3.05, 3.63) is 41.0 Å². The van der Waals surface area contributed by atoms with E-state index in [2.05, 4.69) is 4.99 Å². The van der Waals surface area contributed by atoms with Gasteiger partial charge in [0, 0.05) is 46.0 Å². The summed E-state index contributed by atoms with van der Waals surface area (Å²) in [6.07, 6.45) is 5.49. The van der Waals surface area contributed by atoms with E-state index >= 15 is 0 Å². The van der Waals surface area contributed by atoms with Crippen LogP contribution in [-0.4, -0.2) is 83.2 Å². The van der Waals surface area contributed by atoms with Crippen molar-refractivity contribution in [1.29, 1.82) is 0 Å². The Morgan fingerprint density at radius 2 is 1.71 bits per heavy atom. The number of carboxylic acid groups (broad SMARTS) is 1. The fourth-order valence-electron chi connectivity index (χ4n) is 4.21. The van der Waals surface area contributed by atoms with Gasteiger partial charge in [0.1, 0.15) is 11.8 Å². The van der Waals surface area contributed by atoms with Gasteiger partial charge in [0.05, 0.1) is 5.71 Å². The molecule has 0 saturated heterocycles. The van der Waals surface area contributed by atoms with E-state index in [1.807, 2.05) is 39.6 Å². The van der Waals surface area contributed by atoms with Crippen molar-refractivity contribution in [2.45, 2.75) is 92.0 Å². The van der Waals surface area contributed by atoms with Crippen LogP contribution in [0.15, 0.2) is 34.8 Å². The monoisotopic (exact) mass is 581 g/mol. The van der Waals surface area contributed by atoms with Gasteiger partial charge >= 0.3 is 5.97 Å². The minimum absolute atomic E-state index is 0.109. The number of phenolic OH excluding ortho intramolecular Hbond substituents is 1. The normalized spacial score (nSPS) is 13.0. The molecule has 0 heterocycles. The van der Waals surface area contributed by atoms with Crippen LogP contribution in [0.3, 0.4) is 0 Å². The number of aryl methyl sites for hydroxylation is 1. The predicted octanol–water partition coefficient (Wildman–Crippen LogP) is 5.86. The first-order valence-electron chi connectivity index (χ1n) is 14.2. The highest BCUT2D eigenvalue weighted by Gasteiger charge is 2.25. The summed E-state index contributed by atoms with van der Waals surface area (Å²) in [4.78, 5) is 42.5. The summed E-state index contributed by atoms with van der Waals surface area (Å²) < 4.78 is 27.2. The van der Waals surface area contributed by atoms with Crippen molar-refractivity contribution < 1.29 is 33.4 Å². The van der Waals surface area contributed by atoms with Gasteiger partial charge in [-0.25, -0.2) is 8.78 Å². The molecule has 0 spiro atoms. The number of alkyl halides is 2. The number of ketones is 1.